The van der Waals surface area contributed by atoms with Gasteiger partial charge in [0.25, 0.3) is 0 Å². The monoisotopic (exact) mass is 238 g/mol. The van der Waals surface area contributed by atoms with Crippen LogP contribution in [0.4, 0.5) is 0 Å². The van der Waals surface area contributed by atoms with Crippen LogP contribution < -0.4 is 11.1 Å². The minimum Gasteiger partial charge on any atom is -0.379 e. The Morgan fingerprint density at radius 3 is 3.18 bits per heavy atom. The van der Waals surface area contributed by atoms with Crippen LogP contribution in [0.3, 0.4) is 0 Å². The minimum atomic E-state index is -0.828. The molecule has 1 aliphatic heterocycles. The van der Waals surface area contributed by atoms with Gasteiger partial charge >= 0.3 is 0 Å². The van der Waals surface area contributed by atoms with Crippen molar-refractivity contribution < 1.29 is 9.53 Å². The van der Waals surface area contributed by atoms with Gasteiger partial charge in [0, 0.05) is 32.1 Å². The van der Waals surface area contributed by atoms with Crippen LogP contribution in [0.5, 0.6) is 0 Å². The van der Waals surface area contributed by atoms with E-state index in [1.807, 2.05) is 16.9 Å². The number of nitrogens with one attached hydrogen (secondary N) is 1. The first-order chi connectivity index (χ1) is 8.21. The number of aryl methyl sites for hydroxylation is 1. The molecule has 1 aromatic rings. The molecule has 6 nitrogen and oxygen atoms in total. The summed E-state index contributed by atoms with van der Waals surface area (Å²) < 4.78 is 6.98. The first-order valence-corrected chi connectivity index (χ1v) is 5.83. The zero-order valence-corrected chi connectivity index (χ0v) is 9.76. The topological polar surface area (TPSA) is 82.2 Å². The van der Waals surface area contributed by atoms with Gasteiger partial charge in [-0.25, -0.2) is 0 Å². The van der Waals surface area contributed by atoms with Crippen LogP contribution in [-0.2, 0) is 16.1 Å². The normalized spacial score (nSPS) is 23.8. The molecule has 0 bridgehead atoms. The Hall–Kier alpha value is -1.40. The minimum absolute atomic E-state index is 0.115. The van der Waals surface area contributed by atoms with Crippen LogP contribution >= 0.6 is 0 Å². The SMILES string of the molecule is NC1(C(=O)NCCCn2cccn2)CCOC1. The van der Waals surface area contributed by atoms with Crippen molar-refractivity contribution in [1.29, 1.82) is 0 Å². The summed E-state index contributed by atoms with van der Waals surface area (Å²) in [5, 5.41) is 6.93. The van der Waals surface area contributed by atoms with Gasteiger partial charge in [-0.05, 0) is 18.9 Å². The number of nitrogens with zero attached hydrogens (tertiary/aromatic N) is 2. The lowest BCUT2D eigenvalue weighted by atomic mass is 9.99. The van der Waals surface area contributed by atoms with Gasteiger partial charge in [0.15, 0.2) is 0 Å². The highest BCUT2D eigenvalue weighted by atomic mass is 16.5. The van der Waals surface area contributed by atoms with Crippen LogP contribution in [0.25, 0.3) is 0 Å². The number of aromatic nitrogens is 2. The maximum absolute atomic E-state index is 11.8. The lowest BCUT2D eigenvalue weighted by Crippen LogP contribution is -2.54. The average molecular weight is 238 g/mol. The number of ether oxygens (including phenoxy) is 1. The van der Waals surface area contributed by atoms with Crippen molar-refractivity contribution in [3.8, 4) is 0 Å². The fraction of sp³-hybridized carbons (Fsp3) is 0.636. The molecule has 1 saturated heterocycles. The van der Waals surface area contributed by atoms with Gasteiger partial charge in [-0.1, -0.05) is 0 Å². The van der Waals surface area contributed by atoms with Crippen molar-refractivity contribution in [2.24, 2.45) is 5.73 Å². The molecule has 0 radical (unpaired) electrons. The van der Waals surface area contributed by atoms with E-state index in [2.05, 4.69) is 10.4 Å². The molecule has 94 valence electrons. The molecule has 0 aromatic carbocycles. The van der Waals surface area contributed by atoms with Gasteiger partial charge < -0.3 is 15.8 Å². The molecule has 6 heteroatoms. The molecular weight excluding hydrogens is 220 g/mol. The summed E-state index contributed by atoms with van der Waals surface area (Å²) in [5.74, 6) is -0.115. The Morgan fingerprint density at radius 1 is 1.65 bits per heavy atom. The molecule has 1 amide bonds. The van der Waals surface area contributed by atoms with Gasteiger partial charge in [0.2, 0.25) is 5.91 Å². The van der Waals surface area contributed by atoms with E-state index in [1.165, 1.54) is 0 Å². The van der Waals surface area contributed by atoms with Crippen molar-refractivity contribution in [2.45, 2.75) is 24.9 Å². The average Bonchev–Trinajstić information content (AvgIpc) is 2.96. The van der Waals surface area contributed by atoms with Crippen molar-refractivity contribution in [2.75, 3.05) is 19.8 Å². The highest BCUT2D eigenvalue weighted by Crippen LogP contribution is 2.15. The van der Waals surface area contributed by atoms with E-state index in [0.717, 1.165) is 13.0 Å². The van der Waals surface area contributed by atoms with Gasteiger partial charge in [-0.15, -0.1) is 0 Å². The molecule has 3 N–H and O–H groups in total. The summed E-state index contributed by atoms with van der Waals surface area (Å²) in [6, 6.07) is 1.88. The number of nitrogens with two attached hydrogens (primary N) is 1. The smallest absolute Gasteiger partial charge is 0.242 e. The second kappa shape index (κ2) is 5.29. The Kier molecular flexibility index (Phi) is 3.75. The first kappa shape index (κ1) is 12.1. The Balaban J connectivity index is 1.66. The second-order valence-corrected chi connectivity index (χ2v) is 4.34. The third kappa shape index (κ3) is 3.04. The fourth-order valence-corrected chi connectivity index (χ4v) is 1.81. The molecule has 0 spiro atoms. The lowest BCUT2D eigenvalue weighted by molar-refractivity contribution is -0.126. The summed E-state index contributed by atoms with van der Waals surface area (Å²) in [5.41, 5.74) is 5.10. The second-order valence-electron chi connectivity index (χ2n) is 4.34. The van der Waals surface area contributed by atoms with E-state index in [0.29, 0.717) is 26.2 Å². The Bertz CT molecular complexity index is 358. The van der Waals surface area contributed by atoms with E-state index < -0.39 is 5.54 Å². The van der Waals surface area contributed by atoms with Crippen molar-refractivity contribution in [3.63, 3.8) is 0 Å². The molecule has 1 aromatic heterocycles. The maximum Gasteiger partial charge on any atom is 0.242 e. The van der Waals surface area contributed by atoms with Crippen LogP contribution in [0.2, 0.25) is 0 Å². The van der Waals surface area contributed by atoms with Crippen molar-refractivity contribution >= 4 is 5.91 Å². The molecule has 1 atom stereocenters. The van der Waals surface area contributed by atoms with E-state index in [1.54, 1.807) is 6.20 Å². The maximum atomic E-state index is 11.8. The van der Waals surface area contributed by atoms with Crippen LogP contribution in [-0.4, -0.2) is 41.0 Å². The molecule has 1 unspecified atom stereocenters. The quantitative estimate of drug-likeness (QED) is 0.678. The zero-order valence-electron chi connectivity index (χ0n) is 9.76. The van der Waals surface area contributed by atoms with E-state index in [9.17, 15) is 4.79 Å². The highest BCUT2D eigenvalue weighted by Gasteiger charge is 2.37. The summed E-state index contributed by atoms with van der Waals surface area (Å²) in [4.78, 5) is 11.8. The zero-order chi connectivity index (χ0) is 12.1. The van der Waals surface area contributed by atoms with Crippen LogP contribution in [0.1, 0.15) is 12.8 Å². The van der Waals surface area contributed by atoms with E-state index in [-0.39, 0.29) is 5.91 Å². The number of carbonyl (C=O) groups is 1. The number of amides is 1. The van der Waals surface area contributed by atoms with Crippen molar-refractivity contribution in [3.05, 3.63) is 18.5 Å². The van der Waals surface area contributed by atoms with Crippen molar-refractivity contribution in [1.82, 2.24) is 15.1 Å². The molecule has 2 heterocycles. The lowest BCUT2D eigenvalue weighted by Gasteiger charge is -2.20. The third-order valence-electron chi connectivity index (χ3n) is 2.91. The van der Waals surface area contributed by atoms with Crippen LogP contribution in [0.15, 0.2) is 18.5 Å². The Labute approximate surface area is 100 Å². The number of rotatable bonds is 5. The number of hydrogen-bond donors (Lipinski definition) is 2. The molecular formula is C11H18N4O2. The van der Waals surface area contributed by atoms with E-state index >= 15 is 0 Å². The summed E-state index contributed by atoms with van der Waals surface area (Å²) in [7, 11) is 0. The molecule has 1 aliphatic rings. The van der Waals surface area contributed by atoms with Crippen LogP contribution in [0, 0.1) is 0 Å². The first-order valence-electron chi connectivity index (χ1n) is 5.83. The highest BCUT2D eigenvalue weighted by molar-refractivity contribution is 5.86. The van der Waals surface area contributed by atoms with E-state index in [4.69, 9.17) is 10.5 Å². The predicted octanol–water partition coefficient (Wildman–Crippen LogP) is -0.493. The molecule has 0 aliphatic carbocycles. The molecule has 2 rings (SSSR count). The molecule has 1 fully saturated rings. The predicted molar refractivity (Wildman–Crippen MR) is 62.2 cm³/mol. The summed E-state index contributed by atoms with van der Waals surface area (Å²) >= 11 is 0. The van der Waals surface area contributed by atoms with Gasteiger partial charge in [0.1, 0.15) is 5.54 Å². The molecule has 0 saturated carbocycles. The van der Waals surface area contributed by atoms with Gasteiger partial charge in [-0.2, -0.15) is 5.10 Å². The van der Waals surface area contributed by atoms with Gasteiger partial charge in [0.05, 0.1) is 6.61 Å². The standard InChI is InChI=1S/C11H18N4O2/c12-11(3-8-17-9-11)10(16)13-4-1-6-15-7-2-5-14-15/h2,5,7H,1,3-4,6,8-9,12H2,(H,13,16). The Morgan fingerprint density at radius 2 is 2.53 bits per heavy atom. The molecule has 17 heavy (non-hydrogen) atoms. The number of carbonyl (C=O) groups excluding carboxylic acids is 1. The fourth-order valence-electron chi connectivity index (χ4n) is 1.81. The number of hydrogen-bond acceptors (Lipinski definition) is 4. The largest absolute Gasteiger partial charge is 0.379 e. The summed E-state index contributed by atoms with van der Waals surface area (Å²) in [6.45, 7) is 2.29. The van der Waals surface area contributed by atoms with Gasteiger partial charge in [-0.3, -0.25) is 9.48 Å². The third-order valence-corrected chi connectivity index (χ3v) is 2.91. The summed E-state index contributed by atoms with van der Waals surface area (Å²) in [6.07, 6.45) is 5.07.